The maximum atomic E-state index is 10.6. The lowest BCUT2D eigenvalue weighted by atomic mass is 10.2. The fourth-order valence-electron chi connectivity index (χ4n) is 0.843. The van der Waals surface area contributed by atoms with Crippen LogP contribution in [0.15, 0.2) is 0 Å². The van der Waals surface area contributed by atoms with Crippen molar-refractivity contribution in [1.82, 2.24) is 9.78 Å². The van der Waals surface area contributed by atoms with Crippen molar-refractivity contribution in [2.45, 2.75) is 0 Å². The van der Waals surface area contributed by atoms with Crippen LogP contribution in [0.1, 0.15) is 20.8 Å². The van der Waals surface area contributed by atoms with Crippen LogP contribution in [0.5, 0.6) is 0 Å². The van der Waals surface area contributed by atoms with Gasteiger partial charge in [0.25, 0.3) is 0 Å². The molecular weight excluding hydrogens is 200 g/mol. The fraction of sp³-hybridized carbons (Fsp3) is 0.167. The van der Waals surface area contributed by atoms with Gasteiger partial charge in [0.1, 0.15) is 10.7 Å². The van der Waals surface area contributed by atoms with Crippen molar-refractivity contribution < 1.29 is 19.8 Å². The Kier molecular flexibility index (Phi) is 2.24. The SMILES string of the molecule is Cn1nc(C(=O)O)c(C(=O)O)c1Cl. The molecule has 0 atom stereocenters. The summed E-state index contributed by atoms with van der Waals surface area (Å²) in [7, 11) is 1.36. The van der Waals surface area contributed by atoms with Crippen LogP contribution in [0.25, 0.3) is 0 Å². The average molecular weight is 205 g/mol. The second kappa shape index (κ2) is 3.06. The molecule has 0 fully saturated rings. The summed E-state index contributed by atoms with van der Waals surface area (Å²) >= 11 is 5.51. The molecule has 1 heterocycles. The molecule has 13 heavy (non-hydrogen) atoms. The lowest BCUT2D eigenvalue weighted by Crippen LogP contribution is -2.06. The number of aryl methyl sites for hydroxylation is 1. The highest BCUT2D eigenvalue weighted by molar-refractivity contribution is 6.33. The van der Waals surface area contributed by atoms with Crippen molar-refractivity contribution in [2.75, 3.05) is 0 Å². The Morgan fingerprint density at radius 3 is 2.23 bits per heavy atom. The Morgan fingerprint density at radius 2 is 1.92 bits per heavy atom. The zero-order valence-corrected chi connectivity index (χ0v) is 7.24. The van der Waals surface area contributed by atoms with E-state index in [1.807, 2.05) is 0 Å². The van der Waals surface area contributed by atoms with Gasteiger partial charge in [-0.3, -0.25) is 4.68 Å². The van der Waals surface area contributed by atoms with E-state index in [2.05, 4.69) is 5.10 Å². The molecule has 2 N–H and O–H groups in total. The molecule has 1 aromatic rings. The summed E-state index contributed by atoms with van der Waals surface area (Å²) < 4.78 is 0.995. The van der Waals surface area contributed by atoms with E-state index in [4.69, 9.17) is 21.8 Å². The predicted molar refractivity (Wildman–Crippen MR) is 42.1 cm³/mol. The molecule has 1 aromatic heterocycles. The first kappa shape index (κ1) is 9.53. The number of aromatic carboxylic acids is 2. The van der Waals surface area contributed by atoms with Gasteiger partial charge in [-0.15, -0.1) is 0 Å². The molecule has 1 rings (SSSR count). The number of nitrogens with zero attached hydrogens (tertiary/aromatic N) is 2. The van der Waals surface area contributed by atoms with Crippen molar-refractivity contribution in [1.29, 1.82) is 0 Å². The van der Waals surface area contributed by atoms with Crippen LogP contribution < -0.4 is 0 Å². The van der Waals surface area contributed by atoms with Crippen LogP contribution in [-0.4, -0.2) is 31.9 Å². The normalized spacial score (nSPS) is 10.0. The first-order chi connectivity index (χ1) is 5.95. The third kappa shape index (κ3) is 1.48. The van der Waals surface area contributed by atoms with Crippen molar-refractivity contribution in [2.24, 2.45) is 7.05 Å². The van der Waals surface area contributed by atoms with E-state index in [9.17, 15) is 9.59 Å². The van der Waals surface area contributed by atoms with Crippen molar-refractivity contribution in [3.05, 3.63) is 16.4 Å². The standard InChI is InChI=1S/C6H5ClN2O4/c1-9-4(7)2(5(10)11)3(8-9)6(12)13/h1H3,(H,10,11)(H,12,13). The monoisotopic (exact) mass is 204 g/mol. The number of carboxylic acids is 2. The first-order valence-electron chi connectivity index (χ1n) is 3.14. The van der Waals surface area contributed by atoms with Gasteiger partial charge in [-0.25, -0.2) is 9.59 Å². The van der Waals surface area contributed by atoms with E-state index in [0.29, 0.717) is 0 Å². The van der Waals surface area contributed by atoms with Crippen LogP contribution >= 0.6 is 11.6 Å². The molecule has 0 saturated carbocycles. The van der Waals surface area contributed by atoms with E-state index in [0.717, 1.165) is 4.68 Å². The van der Waals surface area contributed by atoms with Crippen molar-refractivity contribution in [3.8, 4) is 0 Å². The Morgan fingerprint density at radius 1 is 1.38 bits per heavy atom. The molecule has 0 bridgehead atoms. The summed E-state index contributed by atoms with van der Waals surface area (Å²) in [6.45, 7) is 0. The largest absolute Gasteiger partial charge is 0.477 e. The van der Waals surface area contributed by atoms with Crippen LogP contribution in [0, 0.1) is 0 Å². The van der Waals surface area contributed by atoms with Gasteiger partial charge in [-0.2, -0.15) is 5.10 Å². The van der Waals surface area contributed by atoms with Crippen LogP contribution in [0.4, 0.5) is 0 Å². The van der Waals surface area contributed by atoms with Crippen molar-refractivity contribution in [3.63, 3.8) is 0 Å². The molecule has 0 spiro atoms. The van der Waals surface area contributed by atoms with Crippen LogP contribution in [0.2, 0.25) is 5.15 Å². The molecule has 0 aliphatic heterocycles. The smallest absolute Gasteiger partial charge is 0.357 e. The summed E-state index contributed by atoms with van der Waals surface area (Å²) in [6, 6.07) is 0. The Balaban J connectivity index is 3.44. The highest BCUT2D eigenvalue weighted by atomic mass is 35.5. The van der Waals surface area contributed by atoms with Gasteiger partial charge in [0, 0.05) is 7.05 Å². The summed E-state index contributed by atoms with van der Waals surface area (Å²) in [5.74, 6) is -2.82. The topological polar surface area (TPSA) is 92.4 Å². The third-order valence-corrected chi connectivity index (χ3v) is 1.83. The molecule has 70 valence electrons. The zero-order chi connectivity index (χ0) is 10.2. The number of hydrogen-bond acceptors (Lipinski definition) is 3. The summed E-state index contributed by atoms with van der Waals surface area (Å²) in [4.78, 5) is 21.1. The summed E-state index contributed by atoms with van der Waals surface area (Å²) in [5.41, 5.74) is -1.04. The number of aromatic nitrogens is 2. The van der Waals surface area contributed by atoms with E-state index in [1.54, 1.807) is 0 Å². The highest BCUT2D eigenvalue weighted by Gasteiger charge is 2.25. The van der Waals surface area contributed by atoms with Gasteiger partial charge < -0.3 is 10.2 Å². The van der Waals surface area contributed by atoms with E-state index < -0.39 is 23.2 Å². The quantitative estimate of drug-likeness (QED) is 0.731. The molecule has 0 unspecified atom stereocenters. The number of hydrogen-bond donors (Lipinski definition) is 2. The van der Waals surface area contributed by atoms with Crippen LogP contribution in [-0.2, 0) is 7.05 Å². The van der Waals surface area contributed by atoms with Crippen molar-refractivity contribution >= 4 is 23.5 Å². The minimum Gasteiger partial charge on any atom is -0.477 e. The Labute approximate surface area is 77.3 Å². The molecule has 0 saturated heterocycles. The van der Waals surface area contributed by atoms with E-state index in [1.165, 1.54) is 7.05 Å². The first-order valence-corrected chi connectivity index (χ1v) is 3.52. The zero-order valence-electron chi connectivity index (χ0n) is 6.48. The molecule has 6 nitrogen and oxygen atoms in total. The summed E-state index contributed by atoms with van der Waals surface area (Å²) in [5, 5.41) is 20.4. The lowest BCUT2D eigenvalue weighted by molar-refractivity contribution is 0.0648. The molecule has 0 radical (unpaired) electrons. The average Bonchev–Trinajstić information content (AvgIpc) is 2.28. The maximum Gasteiger partial charge on any atom is 0.357 e. The molecule has 0 aliphatic rings. The minimum atomic E-state index is -1.42. The number of carboxylic acid groups (broad SMARTS) is 2. The minimum absolute atomic E-state index is 0.204. The van der Waals surface area contributed by atoms with Gasteiger partial charge in [-0.05, 0) is 0 Å². The Bertz CT molecular complexity index is 384. The predicted octanol–water partition coefficient (Wildman–Crippen LogP) is 0.470. The number of rotatable bonds is 2. The number of carbonyl (C=O) groups is 2. The third-order valence-electron chi connectivity index (χ3n) is 1.39. The number of halogens is 1. The van der Waals surface area contributed by atoms with Gasteiger partial charge >= 0.3 is 11.9 Å². The molecule has 0 aromatic carbocycles. The molecule has 0 amide bonds. The maximum absolute atomic E-state index is 10.6. The second-order valence-electron chi connectivity index (χ2n) is 2.25. The van der Waals surface area contributed by atoms with Crippen LogP contribution in [0.3, 0.4) is 0 Å². The summed E-state index contributed by atoms with van der Waals surface area (Å²) in [6.07, 6.45) is 0. The van der Waals surface area contributed by atoms with E-state index in [-0.39, 0.29) is 5.15 Å². The van der Waals surface area contributed by atoms with E-state index >= 15 is 0 Å². The second-order valence-corrected chi connectivity index (χ2v) is 2.61. The lowest BCUT2D eigenvalue weighted by Gasteiger charge is -1.91. The molecule has 0 aliphatic carbocycles. The molecular formula is C6H5ClN2O4. The van der Waals surface area contributed by atoms with Gasteiger partial charge in [-0.1, -0.05) is 11.6 Å². The van der Waals surface area contributed by atoms with Gasteiger partial charge in [0.2, 0.25) is 0 Å². The Hall–Kier alpha value is -1.56. The highest BCUT2D eigenvalue weighted by Crippen LogP contribution is 2.18. The molecule has 7 heteroatoms. The van der Waals surface area contributed by atoms with Gasteiger partial charge in [0.15, 0.2) is 5.69 Å². The van der Waals surface area contributed by atoms with Gasteiger partial charge in [0.05, 0.1) is 0 Å². The fourth-order valence-corrected chi connectivity index (χ4v) is 1.05.